The van der Waals surface area contributed by atoms with Gasteiger partial charge in [-0.2, -0.15) is 0 Å². The van der Waals surface area contributed by atoms with E-state index in [2.05, 4.69) is 5.32 Å². The summed E-state index contributed by atoms with van der Waals surface area (Å²) in [6.45, 7) is 0.550. The number of Topliss-reactive ketones (excluding diaryl/α,β-unsaturated/α-hetero) is 2. The monoisotopic (exact) mass is 467 g/mol. The number of ketones is 2. The molecule has 0 aromatic heterocycles. The van der Waals surface area contributed by atoms with Gasteiger partial charge in [0.25, 0.3) is 0 Å². The normalized spacial score (nSPS) is 20.4. The lowest BCUT2D eigenvalue weighted by molar-refractivity contribution is 0.0657. The lowest BCUT2D eigenvalue weighted by Crippen LogP contribution is -2.30. The highest BCUT2D eigenvalue weighted by atomic mass is 35.5. The molecular weight excluding hydrogens is 442 g/mol. The maximum absolute atomic E-state index is 13.4. The van der Waals surface area contributed by atoms with Gasteiger partial charge in [0.1, 0.15) is 6.61 Å². The molecule has 2 aliphatic carbocycles. The van der Waals surface area contributed by atoms with Crippen LogP contribution in [0.3, 0.4) is 0 Å². The fourth-order valence-electron chi connectivity index (χ4n) is 4.64. The van der Waals surface area contributed by atoms with E-state index in [0.29, 0.717) is 41.5 Å². The van der Waals surface area contributed by atoms with Crippen molar-refractivity contribution in [3.63, 3.8) is 0 Å². The average molecular weight is 468 g/mol. The molecule has 4 rings (SSSR count). The molecule has 2 aliphatic rings. The van der Waals surface area contributed by atoms with Gasteiger partial charge in [0.2, 0.25) is 5.78 Å². The largest absolute Gasteiger partial charge is 0.514 e. The summed E-state index contributed by atoms with van der Waals surface area (Å²) < 4.78 is 10.4. The quantitative estimate of drug-likeness (QED) is 0.457. The zero-order chi connectivity index (χ0) is 23.4. The van der Waals surface area contributed by atoms with Gasteiger partial charge in [-0.25, -0.2) is 4.79 Å². The highest BCUT2D eigenvalue weighted by molar-refractivity contribution is 6.30. The Kier molecular flexibility index (Phi) is 7.26. The summed E-state index contributed by atoms with van der Waals surface area (Å²) in [5, 5.41) is 3.56. The van der Waals surface area contributed by atoms with E-state index in [9.17, 15) is 14.4 Å². The Morgan fingerprint density at radius 1 is 0.939 bits per heavy atom. The average Bonchev–Trinajstić information content (AvgIpc) is 2.83. The highest BCUT2D eigenvalue weighted by Gasteiger charge is 2.39. The molecule has 0 heterocycles. The molecule has 172 valence electrons. The summed E-state index contributed by atoms with van der Waals surface area (Å²) in [4.78, 5) is 38.9. The predicted octanol–water partition coefficient (Wildman–Crippen LogP) is 5.32. The molecule has 0 aliphatic heterocycles. The molecule has 0 amide bonds. The summed E-state index contributed by atoms with van der Waals surface area (Å²) in [6, 6.07) is 14.5. The van der Waals surface area contributed by atoms with Crippen LogP contribution in [0.5, 0.6) is 0 Å². The third-order valence-corrected chi connectivity index (χ3v) is 6.60. The van der Waals surface area contributed by atoms with Gasteiger partial charge < -0.3 is 14.8 Å². The van der Waals surface area contributed by atoms with Crippen LogP contribution in [0, 0.1) is 5.92 Å². The SMILES string of the molecule is CNCCOC(=O)OC1=C(C2CCC(c3ccc(Cl)cc3)CC2)C(=O)c2ccccc2C1=O. The Morgan fingerprint density at radius 3 is 2.18 bits per heavy atom. The molecule has 0 atom stereocenters. The molecule has 0 unspecified atom stereocenters. The minimum absolute atomic E-state index is 0.100. The first-order valence-electron chi connectivity index (χ1n) is 11.2. The van der Waals surface area contributed by atoms with E-state index in [4.69, 9.17) is 21.1 Å². The second-order valence-electron chi connectivity index (χ2n) is 8.35. The number of hydrogen-bond acceptors (Lipinski definition) is 6. The van der Waals surface area contributed by atoms with Crippen molar-refractivity contribution in [1.29, 1.82) is 0 Å². The topological polar surface area (TPSA) is 81.7 Å². The predicted molar refractivity (Wildman–Crippen MR) is 125 cm³/mol. The lowest BCUT2D eigenvalue weighted by Gasteiger charge is -2.32. The molecule has 7 heteroatoms. The van der Waals surface area contributed by atoms with Crippen LogP contribution in [0.25, 0.3) is 0 Å². The van der Waals surface area contributed by atoms with E-state index in [1.807, 2.05) is 24.3 Å². The molecule has 1 saturated carbocycles. The van der Waals surface area contributed by atoms with Crippen LogP contribution in [0.4, 0.5) is 4.79 Å². The summed E-state index contributed by atoms with van der Waals surface area (Å²) in [5.74, 6) is -0.706. The number of allylic oxidation sites excluding steroid dienone is 2. The fraction of sp³-hybridized carbons (Fsp3) is 0.346. The number of hydrogen-bond donors (Lipinski definition) is 1. The molecular formula is C26H26ClNO5. The van der Waals surface area contributed by atoms with E-state index in [0.717, 1.165) is 12.8 Å². The van der Waals surface area contributed by atoms with Gasteiger partial charge in [0, 0.05) is 22.7 Å². The molecule has 0 radical (unpaired) electrons. The molecule has 1 fully saturated rings. The highest BCUT2D eigenvalue weighted by Crippen LogP contribution is 2.42. The maximum Gasteiger partial charge on any atom is 0.514 e. The summed E-state index contributed by atoms with van der Waals surface area (Å²) in [6.07, 6.45) is 2.17. The van der Waals surface area contributed by atoms with Gasteiger partial charge in [-0.15, -0.1) is 0 Å². The van der Waals surface area contributed by atoms with Gasteiger partial charge in [0.15, 0.2) is 11.5 Å². The zero-order valence-electron chi connectivity index (χ0n) is 18.4. The summed E-state index contributed by atoms with van der Waals surface area (Å²) in [5.41, 5.74) is 2.11. The number of fused-ring (bicyclic) bond motifs is 1. The van der Waals surface area contributed by atoms with Gasteiger partial charge in [-0.3, -0.25) is 9.59 Å². The Balaban J connectivity index is 1.59. The molecule has 2 aromatic carbocycles. The van der Waals surface area contributed by atoms with Crippen molar-refractivity contribution in [2.24, 2.45) is 5.92 Å². The van der Waals surface area contributed by atoms with E-state index < -0.39 is 11.9 Å². The molecule has 0 bridgehead atoms. The van der Waals surface area contributed by atoms with Crippen molar-refractivity contribution in [1.82, 2.24) is 5.32 Å². The van der Waals surface area contributed by atoms with Crippen molar-refractivity contribution in [3.05, 3.63) is 81.6 Å². The van der Waals surface area contributed by atoms with Crippen molar-refractivity contribution < 1.29 is 23.9 Å². The van der Waals surface area contributed by atoms with Gasteiger partial charge in [-0.1, -0.05) is 48.0 Å². The van der Waals surface area contributed by atoms with E-state index >= 15 is 0 Å². The first-order chi connectivity index (χ1) is 16.0. The Morgan fingerprint density at radius 2 is 1.55 bits per heavy atom. The second-order valence-corrected chi connectivity index (χ2v) is 8.79. The van der Waals surface area contributed by atoms with E-state index in [1.165, 1.54) is 5.56 Å². The molecule has 2 aromatic rings. The Hall–Kier alpha value is -2.96. The van der Waals surface area contributed by atoms with Gasteiger partial charge in [-0.05, 0) is 62.3 Å². The first-order valence-corrected chi connectivity index (χ1v) is 11.5. The molecule has 33 heavy (non-hydrogen) atoms. The van der Waals surface area contributed by atoms with E-state index in [1.54, 1.807) is 31.3 Å². The minimum Gasteiger partial charge on any atom is -0.433 e. The molecule has 6 nitrogen and oxygen atoms in total. The number of halogens is 1. The van der Waals surface area contributed by atoms with Crippen molar-refractivity contribution in [2.45, 2.75) is 31.6 Å². The third kappa shape index (κ3) is 5.02. The number of carbonyl (C=O) groups excluding carboxylic acids is 3. The molecule has 0 spiro atoms. The number of rotatable bonds is 6. The third-order valence-electron chi connectivity index (χ3n) is 6.35. The standard InChI is InChI=1S/C26H26ClNO5/c1-28-14-15-32-26(31)33-25-22(23(29)20-4-2-3-5-21(20)24(25)30)18-8-6-16(7-9-18)17-10-12-19(27)13-11-17/h2-5,10-13,16,18,28H,6-9,14-15H2,1H3. The number of nitrogens with one attached hydrogen (secondary N) is 1. The molecule has 0 saturated heterocycles. The Labute approximate surface area is 197 Å². The van der Waals surface area contributed by atoms with Crippen LogP contribution < -0.4 is 5.32 Å². The number of benzene rings is 2. The van der Waals surface area contributed by atoms with Crippen LogP contribution in [0.1, 0.15) is 57.9 Å². The van der Waals surface area contributed by atoms with Crippen LogP contribution in [-0.4, -0.2) is 37.9 Å². The van der Waals surface area contributed by atoms with Crippen LogP contribution in [0.15, 0.2) is 59.9 Å². The smallest absolute Gasteiger partial charge is 0.433 e. The van der Waals surface area contributed by atoms with Crippen molar-refractivity contribution in [2.75, 3.05) is 20.2 Å². The maximum atomic E-state index is 13.4. The summed E-state index contributed by atoms with van der Waals surface area (Å²) in [7, 11) is 1.73. The lowest BCUT2D eigenvalue weighted by atomic mass is 9.72. The van der Waals surface area contributed by atoms with Crippen LogP contribution in [-0.2, 0) is 9.47 Å². The van der Waals surface area contributed by atoms with Gasteiger partial charge in [0.05, 0.1) is 5.57 Å². The van der Waals surface area contributed by atoms with Gasteiger partial charge >= 0.3 is 6.16 Å². The van der Waals surface area contributed by atoms with Crippen molar-refractivity contribution in [3.8, 4) is 0 Å². The number of ether oxygens (including phenoxy) is 2. The van der Waals surface area contributed by atoms with Crippen LogP contribution >= 0.6 is 11.6 Å². The zero-order valence-corrected chi connectivity index (χ0v) is 19.2. The first kappa shape index (κ1) is 23.2. The van der Waals surface area contributed by atoms with Crippen molar-refractivity contribution >= 4 is 29.3 Å². The summed E-state index contributed by atoms with van der Waals surface area (Å²) >= 11 is 6.01. The number of carbonyl (C=O) groups is 3. The van der Waals surface area contributed by atoms with E-state index in [-0.39, 0.29) is 29.6 Å². The Bertz CT molecular complexity index is 1080. The number of likely N-dealkylation sites (N-methyl/N-ethyl adjacent to an activating group) is 1. The van der Waals surface area contributed by atoms with Crippen LogP contribution in [0.2, 0.25) is 5.02 Å². The second kappa shape index (κ2) is 10.3. The molecule has 1 N–H and O–H groups in total. The fourth-order valence-corrected chi connectivity index (χ4v) is 4.77. The minimum atomic E-state index is -0.979.